The molecule has 0 spiro atoms. The number of anilines is 1. The minimum atomic E-state index is 0.360. The second kappa shape index (κ2) is 5.20. The van der Waals surface area contributed by atoms with Gasteiger partial charge in [-0.05, 0) is 19.1 Å². The maximum atomic E-state index is 5.49. The van der Waals surface area contributed by atoms with E-state index in [9.17, 15) is 0 Å². The molecule has 0 fully saturated rings. The number of thiocarbonyl (C=S) groups is 1. The van der Waals surface area contributed by atoms with Gasteiger partial charge in [-0.1, -0.05) is 12.2 Å². The highest BCUT2D eigenvalue weighted by Crippen LogP contribution is 2.10. The van der Waals surface area contributed by atoms with Crippen molar-refractivity contribution in [2.45, 2.75) is 13.5 Å². The first-order chi connectivity index (χ1) is 8.15. The Morgan fingerprint density at radius 1 is 1.53 bits per heavy atom. The van der Waals surface area contributed by atoms with Crippen LogP contribution in [-0.2, 0) is 6.54 Å². The molecule has 6 heteroatoms. The van der Waals surface area contributed by atoms with E-state index in [4.69, 9.17) is 18.0 Å². The molecule has 0 aliphatic carbocycles. The quantitative estimate of drug-likeness (QED) is 0.828. The van der Waals surface area contributed by atoms with E-state index in [0.29, 0.717) is 11.5 Å². The smallest absolute Gasteiger partial charge is 0.126 e. The first-order valence-corrected chi connectivity index (χ1v) is 6.34. The van der Waals surface area contributed by atoms with Crippen LogP contribution >= 0.6 is 23.6 Å². The van der Waals surface area contributed by atoms with Gasteiger partial charge in [0.15, 0.2) is 0 Å². The Morgan fingerprint density at radius 3 is 2.88 bits per heavy atom. The number of rotatable bonds is 4. The molecular weight excluding hydrogens is 252 g/mol. The molecule has 0 amide bonds. The molecule has 2 rings (SSSR count). The van der Waals surface area contributed by atoms with Crippen LogP contribution in [0, 0.1) is 6.92 Å². The molecule has 2 aromatic rings. The second-order valence-corrected chi connectivity index (χ2v) is 5.01. The van der Waals surface area contributed by atoms with Crippen molar-refractivity contribution < 1.29 is 0 Å². The summed E-state index contributed by atoms with van der Waals surface area (Å²) in [7, 11) is 0. The number of pyridine rings is 1. The van der Waals surface area contributed by atoms with Gasteiger partial charge in [0.25, 0.3) is 0 Å². The van der Waals surface area contributed by atoms with Crippen LogP contribution in [0.3, 0.4) is 0 Å². The van der Waals surface area contributed by atoms with E-state index in [1.165, 1.54) is 0 Å². The summed E-state index contributed by atoms with van der Waals surface area (Å²) in [6.45, 7) is 2.66. The van der Waals surface area contributed by atoms with Gasteiger partial charge < -0.3 is 11.1 Å². The van der Waals surface area contributed by atoms with Crippen molar-refractivity contribution in [1.29, 1.82) is 0 Å². The van der Waals surface area contributed by atoms with Gasteiger partial charge in [-0.25, -0.2) is 9.97 Å². The summed E-state index contributed by atoms with van der Waals surface area (Å²) in [6.07, 6.45) is 1.66. The van der Waals surface area contributed by atoms with Gasteiger partial charge in [-0.3, -0.25) is 0 Å². The number of aryl methyl sites for hydroxylation is 1. The molecule has 0 aliphatic rings. The number of hydrogen-bond acceptors (Lipinski definition) is 5. The third kappa shape index (κ3) is 3.21. The summed E-state index contributed by atoms with van der Waals surface area (Å²) in [5, 5.41) is 6.29. The largest absolute Gasteiger partial charge is 0.389 e. The summed E-state index contributed by atoms with van der Waals surface area (Å²) >= 11 is 6.50. The molecule has 17 heavy (non-hydrogen) atoms. The molecular formula is C11H12N4S2. The minimum absolute atomic E-state index is 0.360. The van der Waals surface area contributed by atoms with Crippen molar-refractivity contribution in [3.8, 4) is 0 Å². The Balaban J connectivity index is 1.97. The van der Waals surface area contributed by atoms with Crippen LogP contribution in [0.5, 0.6) is 0 Å². The van der Waals surface area contributed by atoms with Crippen molar-refractivity contribution in [1.82, 2.24) is 9.97 Å². The summed E-state index contributed by atoms with van der Waals surface area (Å²) in [5.41, 5.74) is 7.29. The Kier molecular flexibility index (Phi) is 3.65. The van der Waals surface area contributed by atoms with Gasteiger partial charge in [0.2, 0.25) is 0 Å². The molecule has 0 aliphatic heterocycles. The zero-order valence-electron chi connectivity index (χ0n) is 9.30. The molecule has 0 aromatic carbocycles. The van der Waals surface area contributed by atoms with E-state index >= 15 is 0 Å². The molecule has 0 atom stereocenters. The molecule has 0 saturated carbocycles. The van der Waals surface area contributed by atoms with Crippen molar-refractivity contribution >= 4 is 34.4 Å². The third-order valence-corrected chi connectivity index (χ3v) is 3.22. The van der Waals surface area contributed by atoms with Crippen molar-refractivity contribution in [2.24, 2.45) is 5.73 Å². The molecule has 0 saturated heterocycles. The molecule has 4 nitrogen and oxygen atoms in total. The van der Waals surface area contributed by atoms with Gasteiger partial charge in [-0.2, -0.15) is 0 Å². The average molecular weight is 264 g/mol. The van der Waals surface area contributed by atoms with Gasteiger partial charge >= 0.3 is 0 Å². The van der Waals surface area contributed by atoms with Crippen molar-refractivity contribution in [2.75, 3.05) is 5.32 Å². The highest BCUT2D eigenvalue weighted by molar-refractivity contribution is 7.80. The number of nitrogens with one attached hydrogen (secondary N) is 1. The Labute approximate surface area is 109 Å². The van der Waals surface area contributed by atoms with Gasteiger partial charge in [0, 0.05) is 17.1 Å². The normalized spacial score (nSPS) is 10.2. The van der Waals surface area contributed by atoms with Crippen LogP contribution in [0.4, 0.5) is 5.82 Å². The average Bonchev–Trinajstić information content (AvgIpc) is 2.73. The number of thiazole rings is 1. The number of aromatic nitrogens is 2. The van der Waals surface area contributed by atoms with E-state index in [2.05, 4.69) is 15.3 Å². The molecule has 3 N–H and O–H groups in total. The lowest BCUT2D eigenvalue weighted by molar-refractivity contribution is 1.04. The van der Waals surface area contributed by atoms with E-state index < -0.39 is 0 Å². The predicted molar refractivity (Wildman–Crippen MR) is 74.3 cm³/mol. The molecule has 0 bridgehead atoms. The minimum Gasteiger partial charge on any atom is -0.389 e. The van der Waals surface area contributed by atoms with Crippen LogP contribution < -0.4 is 11.1 Å². The number of nitrogens with two attached hydrogens (primary N) is 1. The summed E-state index contributed by atoms with van der Waals surface area (Å²) in [6, 6.07) is 3.71. The lowest BCUT2D eigenvalue weighted by Crippen LogP contribution is -2.10. The number of nitrogens with zero attached hydrogens (tertiary/aromatic N) is 2. The zero-order chi connectivity index (χ0) is 12.3. The highest BCUT2D eigenvalue weighted by Gasteiger charge is 2.00. The summed E-state index contributed by atoms with van der Waals surface area (Å²) in [5.74, 6) is 0.788. The summed E-state index contributed by atoms with van der Waals surface area (Å²) < 4.78 is 0. The predicted octanol–water partition coefficient (Wildman–Crippen LogP) is 2.09. The fraction of sp³-hybridized carbons (Fsp3) is 0.182. The lowest BCUT2D eigenvalue weighted by Gasteiger charge is -2.04. The SMILES string of the molecule is Cc1nc(CNc2ccc(C(N)=S)cn2)cs1. The molecule has 0 radical (unpaired) electrons. The first kappa shape index (κ1) is 11.9. The number of hydrogen-bond donors (Lipinski definition) is 2. The van der Waals surface area contributed by atoms with E-state index in [-0.39, 0.29) is 0 Å². The van der Waals surface area contributed by atoms with E-state index in [1.807, 2.05) is 24.4 Å². The topological polar surface area (TPSA) is 63.8 Å². The Hall–Kier alpha value is -1.53. The van der Waals surface area contributed by atoms with E-state index in [1.54, 1.807) is 17.5 Å². The third-order valence-electron chi connectivity index (χ3n) is 2.17. The van der Waals surface area contributed by atoms with Crippen LogP contribution in [0.25, 0.3) is 0 Å². The molecule has 2 aromatic heterocycles. The molecule has 0 unspecified atom stereocenters. The Morgan fingerprint density at radius 2 is 2.35 bits per heavy atom. The Bertz CT molecular complexity index is 519. The molecule has 2 heterocycles. The van der Waals surface area contributed by atoms with Crippen molar-refractivity contribution in [3.63, 3.8) is 0 Å². The second-order valence-electron chi connectivity index (χ2n) is 3.51. The maximum absolute atomic E-state index is 5.49. The van der Waals surface area contributed by atoms with Gasteiger partial charge in [0.05, 0.1) is 17.2 Å². The van der Waals surface area contributed by atoms with Crippen LogP contribution in [-0.4, -0.2) is 15.0 Å². The van der Waals surface area contributed by atoms with Crippen LogP contribution in [0.1, 0.15) is 16.3 Å². The lowest BCUT2D eigenvalue weighted by atomic mass is 10.3. The monoisotopic (exact) mass is 264 g/mol. The van der Waals surface area contributed by atoms with Crippen LogP contribution in [0.15, 0.2) is 23.7 Å². The fourth-order valence-corrected chi connectivity index (χ4v) is 2.05. The highest BCUT2D eigenvalue weighted by atomic mass is 32.1. The fourth-order valence-electron chi connectivity index (χ4n) is 1.31. The van der Waals surface area contributed by atoms with Gasteiger partial charge in [-0.15, -0.1) is 11.3 Å². The maximum Gasteiger partial charge on any atom is 0.126 e. The summed E-state index contributed by atoms with van der Waals surface area (Å²) in [4.78, 5) is 8.94. The van der Waals surface area contributed by atoms with Gasteiger partial charge in [0.1, 0.15) is 10.8 Å². The molecule has 88 valence electrons. The van der Waals surface area contributed by atoms with Crippen LogP contribution in [0.2, 0.25) is 0 Å². The standard InChI is InChI=1S/C11H12N4S2/c1-7-15-9(6-17-7)5-14-10-3-2-8(4-13-10)11(12)16/h2-4,6H,5H2,1H3,(H2,12,16)(H,13,14). The van der Waals surface area contributed by atoms with E-state index in [0.717, 1.165) is 22.1 Å². The van der Waals surface area contributed by atoms with Crippen molar-refractivity contribution in [3.05, 3.63) is 40.0 Å². The zero-order valence-corrected chi connectivity index (χ0v) is 10.9. The first-order valence-electron chi connectivity index (χ1n) is 5.06.